The van der Waals surface area contributed by atoms with Crippen LogP contribution in [0.3, 0.4) is 0 Å². The number of aromatic nitrogens is 2. The van der Waals surface area contributed by atoms with E-state index in [-0.39, 0.29) is 11.5 Å². The monoisotopic (exact) mass is 280 g/mol. The van der Waals surface area contributed by atoms with Gasteiger partial charge in [-0.2, -0.15) is 5.10 Å². The van der Waals surface area contributed by atoms with Crippen molar-refractivity contribution < 1.29 is 14.6 Å². The second-order valence-corrected chi connectivity index (χ2v) is 6.01. The van der Waals surface area contributed by atoms with E-state index in [0.717, 1.165) is 44.5 Å². The minimum Gasteiger partial charge on any atom is -0.387 e. The number of hydrogen-bond acceptors (Lipinski definition) is 4. The zero-order valence-corrected chi connectivity index (χ0v) is 12.1. The lowest BCUT2D eigenvalue weighted by atomic mass is 9.81. The van der Waals surface area contributed by atoms with Crippen molar-refractivity contribution in [2.75, 3.05) is 19.8 Å². The zero-order valence-electron chi connectivity index (χ0n) is 12.1. The van der Waals surface area contributed by atoms with E-state index < -0.39 is 6.10 Å². The molecule has 20 heavy (non-hydrogen) atoms. The van der Waals surface area contributed by atoms with Crippen LogP contribution in [0.15, 0.2) is 12.3 Å². The van der Waals surface area contributed by atoms with E-state index in [1.807, 2.05) is 10.7 Å². The number of ether oxygens (including phenoxy) is 2. The van der Waals surface area contributed by atoms with Gasteiger partial charge in [-0.1, -0.05) is 6.92 Å². The summed E-state index contributed by atoms with van der Waals surface area (Å²) in [5.41, 5.74) is 0.785. The SMILES string of the molecule is CCCn1nccc1C(O)C1CCOC2(CCOC2)C1. The van der Waals surface area contributed by atoms with Crippen LogP contribution in [-0.4, -0.2) is 40.3 Å². The molecule has 3 atom stereocenters. The quantitative estimate of drug-likeness (QED) is 0.915. The zero-order chi connectivity index (χ0) is 14.0. The third kappa shape index (κ3) is 2.62. The second kappa shape index (κ2) is 5.84. The molecule has 2 fully saturated rings. The van der Waals surface area contributed by atoms with Crippen molar-refractivity contribution in [1.29, 1.82) is 0 Å². The Morgan fingerprint density at radius 2 is 2.45 bits per heavy atom. The molecule has 0 aromatic carbocycles. The maximum absolute atomic E-state index is 10.7. The fraction of sp³-hybridized carbons (Fsp3) is 0.800. The first-order chi connectivity index (χ1) is 9.74. The van der Waals surface area contributed by atoms with Crippen LogP contribution < -0.4 is 0 Å². The Morgan fingerprint density at radius 1 is 1.55 bits per heavy atom. The normalized spacial score (nSPS) is 31.8. The van der Waals surface area contributed by atoms with Crippen molar-refractivity contribution in [1.82, 2.24) is 9.78 Å². The first kappa shape index (κ1) is 14.0. The van der Waals surface area contributed by atoms with E-state index >= 15 is 0 Å². The molecule has 1 aromatic heterocycles. The van der Waals surface area contributed by atoms with Crippen molar-refractivity contribution in [3.63, 3.8) is 0 Å². The molecule has 1 aromatic rings. The van der Waals surface area contributed by atoms with Gasteiger partial charge in [-0.15, -0.1) is 0 Å². The first-order valence-electron chi connectivity index (χ1n) is 7.65. The van der Waals surface area contributed by atoms with Crippen LogP contribution >= 0.6 is 0 Å². The Bertz CT molecular complexity index is 440. The van der Waals surface area contributed by atoms with Gasteiger partial charge in [0.2, 0.25) is 0 Å². The molecule has 0 aliphatic carbocycles. The van der Waals surface area contributed by atoms with Gasteiger partial charge >= 0.3 is 0 Å². The molecule has 0 amide bonds. The van der Waals surface area contributed by atoms with Crippen molar-refractivity contribution in [2.24, 2.45) is 5.92 Å². The maximum Gasteiger partial charge on any atom is 0.0986 e. The van der Waals surface area contributed by atoms with E-state index in [1.54, 1.807) is 6.20 Å². The molecule has 1 N–H and O–H groups in total. The van der Waals surface area contributed by atoms with Crippen LogP contribution in [0.4, 0.5) is 0 Å². The highest BCUT2D eigenvalue weighted by Gasteiger charge is 2.43. The highest BCUT2D eigenvalue weighted by atomic mass is 16.6. The van der Waals surface area contributed by atoms with E-state index in [9.17, 15) is 5.11 Å². The van der Waals surface area contributed by atoms with Crippen LogP contribution in [0.25, 0.3) is 0 Å². The first-order valence-corrected chi connectivity index (χ1v) is 7.65. The summed E-state index contributed by atoms with van der Waals surface area (Å²) in [6.07, 6.45) is 5.08. The van der Waals surface area contributed by atoms with Crippen LogP contribution in [0.5, 0.6) is 0 Å². The van der Waals surface area contributed by atoms with Gasteiger partial charge in [0.1, 0.15) is 0 Å². The highest BCUT2D eigenvalue weighted by molar-refractivity contribution is 5.07. The number of rotatable bonds is 4. The Morgan fingerprint density at radius 3 is 3.20 bits per heavy atom. The minimum absolute atomic E-state index is 0.153. The summed E-state index contributed by atoms with van der Waals surface area (Å²) >= 11 is 0. The topological polar surface area (TPSA) is 56.5 Å². The summed E-state index contributed by atoms with van der Waals surface area (Å²) in [4.78, 5) is 0. The molecule has 0 saturated carbocycles. The highest BCUT2D eigenvalue weighted by Crippen LogP contribution is 2.40. The molecule has 2 aliphatic heterocycles. The molecule has 5 heteroatoms. The number of aryl methyl sites for hydroxylation is 1. The van der Waals surface area contributed by atoms with Crippen LogP contribution in [0.2, 0.25) is 0 Å². The van der Waals surface area contributed by atoms with E-state index in [4.69, 9.17) is 9.47 Å². The van der Waals surface area contributed by atoms with Gasteiger partial charge in [-0.05, 0) is 31.2 Å². The third-order valence-corrected chi connectivity index (χ3v) is 4.53. The van der Waals surface area contributed by atoms with Crippen molar-refractivity contribution >= 4 is 0 Å². The summed E-state index contributed by atoms with van der Waals surface area (Å²) in [5.74, 6) is 0.234. The van der Waals surface area contributed by atoms with Crippen LogP contribution in [0.1, 0.15) is 44.4 Å². The Hall–Kier alpha value is -0.910. The lowest BCUT2D eigenvalue weighted by molar-refractivity contribution is -0.118. The van der Waals surface area contributed by atoms with E-state index in [1.165, 1.54) is 0 Å². The predicted molar refractivity (Wildman–Crippen MR) is 74.3 cm³/mol. The largest absolute Gasteiger partial charge is 0.387 e. The van der Waals surface area contributed by atoms with Gasteiger partial charge in [0.25, 0.3) is 0 Å². The standard InChI is InChI=1S/C15H24N2O3/c1-2-7-17-13(3-6-16-17)14(18)12-4-8-20-15(10-12)5-9-19-11-15/h3,6,12,14,18H,2,4-5,7-11H2,1H3. The van der Waals surface area contributed by atoms with Gasteiger partial charge < -0.3 is 14.6 Å². The molecule has 5 nitrogen and oxygen atoms in total. The Balaban J connectivity index is 1.72. The number of aliphatic hydroxyl groups is 1. The average Bonchev–Trinajstić information content (AvgIpc) is 3.09. The molecule has 112 valence electrons. The molecule has 2 saturated heterocycles. The molecular formula is C15H24N2O3. The van der Waals surface area contributed by atoms with Gasteiger partial charge in [0, 0.05) is 32.4 Å². The number of aliphatic hydroxyl groups excluding tert-OH is 1. The number of hydrogen-bond donors (Lipinski definition) is 1. The van der Waals surface area contributed by atoms with Gasteiger partial charge in [-0.25, -0.2) is 0 Å². The summed E-state index contributed by atoms with van der Waals surface area (Å²) in [7, 11) is 0. The van der Waals surface area contributed by atoms with E-state index in [0.29, 0.717) is 13.2 Å². The summed E-state index contributed by atoms with van der Waals surface area (Å²) in [6, 6.07) is 1.94. The fourth-order valence-electron chi connectivity index (χ4n) is 3.43. The minimum atomic E-state index is -0.453. The Kier molecular flexibility index (Phi) is 4.10. The van der Waals surface area contributed by atoms with Crippen molar-refractivity contribution in [2.45, 2.75) is 50.9 Å². The molecule has 3 unspecified atom stereocenters. The predicted octanol–water partition coefficient (Wildman–Crippen LogP) is 1.91. The van der Waals surface area contributed by atoms with Gasteiger partial charge in [-0.3, -0.25) is 4.68 Å². The summed E-state index contributed by atoms with van der Waals surface area (Å²) < 4.78 is 13.4. The maximum atomic E-state index is 10.7. The summed E-state index contributed by atoms with van der Waals surface area (Å²) in [6.45, 7) is 5.14. The third-order valence-electron chi connectivity index (χ3n) is 4.53. The molecule has 3 rings (SSSR count). The van der Waals surface area contributed by atoms with Crippen molar-refractivity contribution in [3.8, 4) is 0 Å². The summed E-state index contributed by atoms with van der Waals surface area (Å²) in [5, 5.41) is 15.0. The smallest absolute Gasteiger partial charge is 0.0986 e. The van der Waals surface area contributed by atoms with Gasteiger partial charge in [0.15, 0.2) is 0 Å². The Labute approximate surface area is 119 Å². The van der Waals surface area contributed by atoms with Crippen LogP contribution in [-0.2, 0) is 16.0 Å². The fourth-order valence-corrected chi connectivity index (χ4v) is 3.43. The lowest BCUT2D eigenvalue weighted by Crippen LogP contribution is -2.42. The number of nitrogens with zero attached hydrogens (tertiary/aromatic N) is 2. The van der Waals surface area contributed by atoms with Crippen molar-refractivity contribution in [3.05, 3.63) is 18.0 Å². The average molecular weight is 280 g/mol. The molecule has 2 aliphatic rings. The van der Waals surface area contributed by atoms with Gasteiger partial charge in [0.05, 0.1) is 24.0 Å². The second-order valence-electron chi connectivity index (χ2n) is 6.01. The molecule has 0 bridgehead atoms. The molecular weight excluding hydrogens is 256 g/mol. The van der Waals surface area contributed by atoms with E-state index in [2.05, 4.69) is 12.0 Å². The molecule has 1 spiro atoms. The lowest BCUT2D eigenvalue weighted by Gasteiger charge is -2.39. The molecule has 3 heterocycles. The molecule has 0 radical (unpaired) electrons. The van der Waals surface area contributed by atoms with Crippen LogP contribution in [0, 0.1) is 5.92 Å².